The summed E-state index contributed by atoms with van der Waals surface area (Å²) in [6.45, 7) is 1.78. The number of ketones is 1. The zero-order valence-electron chi connectivity index (χ0n) is 8.13. The van der Waals surface area contributed by atoms with E-state index in [0.717, 1.165) is 5.56 Å². The number of methoxy groups -OCH3 is 1. The second-order valence-corrected chi connectivity index (χ2v) is 3.31. The van der Waals surface area contributed by atoms with Gasteiger partial charge in [-0.05, 0) is 18.6 Å². The third-order valence-electron chi connectivity index (χ3n) is 1.99. The molecule has 0 atom stereocenters. The van der Waals surface area contributed by atoms with Crippen molar-refractivity contribution in [1.82, 2.24) is 0 Å². The highest BCUT2D eigenvalue weighted by Gasteiger charge is 2.16. The van der Waals surface area contributed by atoms with E-state index < -0.39 is 0 Å². The Morgan fingerprint density at radius 2 is 2.21 bits per heavy atom. The lowest BCUT2D eigenvalue weighted by Gasteiger charge is -2.11. The van der Waals surface area contributed by atoms with E-state index in [1.165, 1.54) is 7.11 Å². The Bertz CT molecular complexity index is 363. The highest BCUT2D eigenvalue weighted by molar-refractivity contribution is 6.32. The number of hydrogen-bond acceptors (Lipinski definition) is 3. The monoisotopic (exact) mass is 213 g/mol. The van der Waals surface area contributed by atoms with Gasteiger partial charge in [0.2, 0.25) is 0 Å². The standard InChI is InChI=1S/C10H12ClNO2/c1-6-3-4-7(11)10(14-2)9(6)8(13)5-12/h3-4H,5,12H2,1-2H3. The van der Waals surface area contributed by atoms with Gasteiger partial charge in [0.05, 0.1) is 24.2 Å². The molecule has 0 amide bonds. The van der Waals surface area contributed by atoms with Gasteiger partial charge in [0.15, 0.2) is 5.78 Å². The second-order valence-electron chi connectivity index (χ2n) is 2.90. The third-order valence-corrected chi connectivity index (χ3v) is 2.28. The highest BCUT2D eigenvalue weighted by Crippen LogP contribution is 2.30. The maximum Gasteiger partial charge on any atom is 0.180 e. The van der Waals surface area contributed by atoms with Crippen molar-refractivity contribution in [2.45, 2.75) is 6.92 Å². The number of nitrogens with two attached hydrogens (primary N) is 1. The van der Waals surface area contributed by atoms with Crippen molar-refractivity contribution in [3.8, 4) is 5.75 Å². The number of carbonyl (C=O) groups is 1. The van der Waals surface area contributed by atoms with Crippen molar-refractivity contribution in [3.05, 3.63) is 28.3 Å². The molecule has 4 heteroatoms. The van der Waals surface area contributed by atoms with Gasteiger partial charge in [-0.15, -0.1) is 0 Å². The van der Waals surface area contributed by atoms with Crippen molar-refractivity contribution >= 4 is 17.4 Å². The van der Waals surface area contributed by atoms with Crippen LogP contribution >= 0.6 is 11.6 Å². The summed E-state index contributed by atoms with van der Waals surface area (Å²) in [6, 6.07) is 3.47. The number of ether oxygens (including phenoxy) is 1. The highest BCUT2D eigenvalue weighted by atomic mass is 35.5. The molecule has 0 spiro atoms. The molecule has 0 radical (unpaired) electrons. The van der Waals surface area contributed by atoms with E-state index in [1.54, 1.807) is 12.1 Å². The summed E-state index contributed by atoms with van der Waals surface area (Å²) in [4.78, 5) is 11.5. The third kappa shape index (κ3) is 1.89. The molecule has 0 heterocycles. The molecule has 3 nitrogen and oxygen atoms in total. The average Bonchev–Trinajstić information content (AvgIpc) is 2.19. The summed E-state index contributed by atoms with van der Waals surface area (Å²) in [6.07, 6.45) is 0. The fraction of sp³-hybridized carbons (Fsp3) is 0.300. The van der Waals surface area contributed by atoms with Gasteiger partial charge in [-0.25, -0.2) is 0 Å². The van der Waals surface area contributed by atoms with Crippen LogP contribution in [0, 0.1) is 6.92 Å². The number of Topliss-reactive ketones (excluding diaryl/α,β-unsaturated/α-hetero) is 1. The summed E-state index contributed by atoms with van der Waals surface area (Å²) in [5.41, 5.74) is 6.59. The van der Waals surface area contributed by atoms with E-state index in [-0.39, 0.29) is 12.3 Å². The SMILES string of the molecule is COc1c(Cl)ccc(C)c1C(=O)CN. The van der Waals surface area contributed by atoms with E-state index in [1.807, 2.05) is 6.92 Å². The maximum atomic E-state index is 11.5. The van der Waals surface area contributed by atoms with Crippen LogP contribution in [0.1, 0.15) is 15.9 Å². The number of rotatable bonds is 3. The molecule has 1 aromatic carbocycles. The van der Waals surface area contributed by atoms with Crippen molar-refractivity contribution in [1.29, 1.82) is 0 Å². The summed E-state index contributed by atoms with van der Waals surface area (Å²) >= 11 is 5.88. The second kappa shape index (κ2) is 4.44. The van der Waals surface area contributed by atoms with Crippen LogP contribution in [-0.4, -0.2) is 19.4 Å². The molecule has 0 aliphatic heterocycles. The molecular formula is C10H12ClNO2. The molecule has 0 bridgehead atoms. The first kappa shape index (κ1) is 11.0. The minimum absolute atomic E-state index is 0.0441. The van der Waals surface area contributed by atoms with E-state index in [4.69, 9.17) is 22.1 Å². The molecule has 0 aromatic heterocycles. The van der Waals surface area contributed by atoms with Gasteiger partial charge >= 0.3 is 0 Å². The van der Waals surface area contributed by atoms with Crippen molar-refractivity contribution in [3.63, 3.8) is 0 Å². The first-order valence-corrected chi connectivity index (χ1v) is 4.56. The van der Waals surface area contributed by atoms with Gasteiger partial charge in [-0.3, -0.25) is 4.79 Å². The fourth-order valence-electron chi connectivity index (χ4n) is 1.30. The van der Waals surface area contributed by atoms with Crippen LogP contribution in [0.25, 0.3) is 0 Å². The molecule has 0 aliphatic rings. The van der Waals surface area contributed by atoms with Crippen molar-refractivity contribution < 1.29 is 9.53 Å². The zero-order valence-corrected chi connectivity index (χ0v) is 8.89. The Labute approximate surface area is 87.8 Å². The van der Waals surface area contributed by atoms with Crippen LogP contribution in [-0.2, 0) is 0 Å². The summed E-state index contributed by atoms with van der Waals surface area (Å²) < 4.78 is 5.07. The summed E-state index contributed by atoms with van der Waals surface area (Å²) in [7, 11) is 1.48. The lowest BCUT2D eigenvalue weighted by molar-refractivity contribution is 0.0998. The lowest BCUT2D eigenvalue weighted by Crippen LogP contribution is -2.16. The Morgan fingerprint density at radius 1 is 1.57 bits per heavy atom. The normalized spacial score (nSPS) is 10.0. The maximum absolute atomic E-state index is 11.5. The largest absolute Gasteiger partial charge is 0.494 e. The van der Waals surface area contributed by atoms with Gasteiger partial charge in [-0.2, -0.15) is 0 Å². The van der Waals surface area contributed by atoms with Gasteiger partial charge in [0, 0.05) is 0 Å². The molecule has 0 saturated carbocycles. The zero-order chi connectivity index (χ0) is 10.7. The van der Waals surface area contributed by atoms with Crippen molar-refractivity contribution in [2.24, 2.45) is 5.73 Å². The molecule has 14 heavy (non-hydrogen) atoms. The minimum Gasteiger partial charge on any atom is -0.494 e. The number of benzene rings is 1. The number of hydrogen-bond donors (Lipinski definition) is 1. The topological polar surface area (TPSA) is 52.3 Å². The molecule has 0 aliphatic carbocycles. The van der Waals surface area contributed by atoms with E-state index in [0.29, 0.717) is 16.3 Å². The summed E-state index contributed by atoms with van der Waals surface area (Å²) in [5.74, 6) is 0.240. The molecular weight excluding hydrogens is 202 g/mol. The molecule has 76 valence electrons. The summed E-state index contributed by atoms with van der Waals surface area (Å²) in [5, 5.41) is 0.426. The van der Waals surface area contributed by atoms with Gasteiger partial charge in [-0.1, -0.05) is 17.7 Å². The van der Waals surface area contributed by atoms with E-state index in [9.17, 15) is 4.79 Å². The van der Waals surface area contributed by atoms with E-state index in [2.05, 4.69) is 0 Å². The number of halogens is 1. The average molecular weight is 214 g/mol. The van der Waals surface area contributed by atoms with Gasteiger partial charge in [0.25, 0.3) is 0 Å². The molecule has 0 saturated heterocycles. The van der Waals surface area contributed by atoms with Gasteiger partial charge in [0.1, 0.15) is 5.75 Å². The van der Waals surface area contributed by atoms with Crippen LogP contribution in [0.3, 0.4) is 0 Å². The Kier molecular flexibility index (Phi) is 3.49. The predicted molar refractivity (Wildman–Crippen MR) is 56.1 cm³/mol. The van der Waals surface area contributed by atoms with Gasteiger partial charge < -0.3 is 10.5 Å². The van der Waals surface area contributed by atoms with Crippen LogP contribution in [0.4, 0.5) is 0 Å². The van der Waals surface area contributed by atoms with Crippen LogP contribution in [0.5, 0.6) is 5.75 Å². The van der Waals surface area contributed by atoms with E-state index >= 15 is 0 Å². The molecule has 0 unspecified atom stereocenters. The van der Waals surface area contributed by atoms with Crippen molar-refractivity contribution in [2.75, 3.05) is 13.7 Å². The lowest BCUT2D eigenvalue weighted by atomic mass is 10.0. The minimum atomic E-state index is -0.165. The van der Waals surface area contributed by atoms with Crippen LogP contribution in [0.15, 0.2) is 12.1 Å². The number of carbonyl (C=O) groups excluding carboxylic acids is 1. The Hall–Kier alpha value is -1.06. The molecule has 1 rings (SSSR count). The Balaban J connectivity index is 3.37. The quantitative estimate of drug-likeness (QED) is 0.779. The fourth-order valence-corrected chi connectivity index (χ4v) is 1.54. The molecule has 0 fully saturated rings. The predicted octanol–water partition coefficient (Wildman–Crippen LogP) is 1.80. The molecule has 2 N–H and O–H groups in total. The molecule has 1 aromatic rings. The first-order valence-electron chi connectivity index (χ1n) is 4.18. The van der Waals surface area contributed by atoms with Crippen LogP contribution < -0.4 is 10.5 Å². The smallest absolute Gasteiger partial charge is 0.180 e. The first-order chi connectivity index (χ1) is 6.61. The Morgan fingerprint density at radius 3 is 2.71 bits per heavy atom. The number of aryl methyl sites for hydroxylation is 1. The van der Waals surface area contributed by atoms with Crippen LogP contribution in [0.2, 0.25) is 5.02 Å².